The lowest BCUT2D eigenvalue weighted by atomic mass is 10.0. The molecule has 0 bridgehead atoms. The highest BCUT2D eigenvalue weighted by molar-refractivity contribution is 5.85. The first-order valence-corrected chi connectivity index (χ1v) is 6.07. The summed E-state index contributed by atoms with van der Waals surface area (Å²) in [5.74, 6) is 1.97. The fourth-order valence-electron chi connectivity index (χ4n) is 2.08. The molecule has 0 unspecified atom stereocenters. The smallest absolute Gasteiger partial charge is 0.145 e. The number of amidine groups is 1. The first-order chi connectivity index (χ1) is 8.09. The fourth-order valence-corrected chi connectivity index (χ4v) is 2.08. The molecule has 0 saturated carbocycles. The minimum Gasteiger partial charge on any atom is -0.485 e. The molecule has 18 heavy (non-hydrogen) atoms. The largest absolute Gasteiger partial charge is 0.485 e. The van der Waals surface area contributed by atoms with Gasteiger partial charge in [0.05, 0.1) is 6.54 Å². The maximum absolute atomic E-state index is 5.92. The zero-order chi connectivity index (χ0) is 12.4. The van der Waals surface area contributed by atoms with Crippen molar-refractivity contribution in [2.45, 2.75) is 27.7 Å². The Bertz CT molecular complexity index is 443. The molecule has 0 radical (unpaired) electrons. The molecule has 2 rings (SSSR count). The van der Waals surface area contributed by atoms with E-state index in [0.29, 0.717) is 6.61 Å². The molecule has 0 aliphatic carbocycles. The van der Waals surface area contributed by atoms with Gasteiger partial charge in [-0.05, 0) is 49.9 Å². The monoisotopic (exact) mass is 268 g/mol. The summed E-state index contributed by atoms with van der Waals surface area (Å²) in [5.41, 5.74) is 5.02. The van der Waals surface area contributed by atoms with Crippen LogP contribution in [0.25, 0.3) is 0 Å². The number of rotatable bonds is 3. The quantitative estimate of drug-likeness (QED) is 0.915. The number of benzene rings is 1. The number of nitrogens with one attached hydrogen (secondary N) is 1. The highest BCUT2D eigenvalue weighted by Gasteiger charge is 2.12. The van der Waals surface area contributed by atoms with E-state index >= 15 is 0 Å². The standard InChI is InChI=1S/C14H20N2O.ClH/c1-9-7-10(2)12(4)14(11(9)3)17-8-13-15-5-6-16-13;/h7H,5-6,8H2,1-4H3,(H,15,16);1H. The molecule has 0 aromatic heterocycles. The Balaban J connectivity index is 0.00000162. The van der Waals surface area contributed by atoms with Gasteiger partial charge >= 0.3 is 0 Å². The van der Waals surface area contributed by atoms with Gasteiger partial charge < -0.3 is 10.1 Å². The average Bonchev–Trinajstić information content (AvgIpc) is 2.79. The Hall–Kier alpha value is -1.22. The van der Waals surface area contributed by atoms with Crippen LogP contribution in [-0.2, 0) is 0 Å². The molecule has 0 amide bonds. The van der Waals surface area contributed by atoms with Crippen molar-refractivity contribution in [3.8, 4) is 5.75 Å². The number of hydrogen-bond acceptors (Lipinski definition) is 3. The van der Waals surface area contributed by atoms with Crippen molar-refractivity contribution in [2.24, 2.45) is 4.99 Å². The van der Waals surface area contributed by atoms with E-state index in [9.17, 15) is 0 Å². The first kappa shape index (κ1) is 14.8. The lowest BCUT2D eigenvalue weighted by Crippen LogP contribution is -2.25. The number of aliphatic imine (C=N–C) groups is 1. The van der Waals surface area contributed by atoms with Crippen molar-refractivity contribution >= 4 is 18.2 Å². The summed E-state index contributed by atoms with van der Waals surface area (Å²) in [6, 6.07) is 2.21. The van der Waals surface area contributed by atoms with Gasteiger partial charge in [0, 0.05) is 6.54 Å². The van der Waals surface area contributed by atoms with Crippen LogP contribution >= 0.6 is 12.4 Å². The van der Waals surface area contributed by atoms with Crippen LogP contribution in [0.2, 0.25) is 0 Å². The Morgan fingerprint density at radius 2 is 1.78 bits per heavy atom. The zero-order valence-corrected chi connectivity index (χ0v) is 12.3. The van der Waals surface area contributed by atoms with E-state index in [2.05, 4.69) is 44.1 Å². The molecule has 0 fully saturated rings. The molecule has 0 saturated heterocycles. The summed E-state index contributed by atoms with van der Waals surface area (Å²) in [6.07, 6.45) is 0. The molecule has 1 aromatic rings. The second kappa shape index (κ2) is 6.10. The molecule has 1 aliphatic rings. The summed E-state index contributed by atoms with van der Waals surface area (Å²) in [6.45, 7) is 10.8. The van der Waals surface area contributed by atoms with Gasteiger partial charge in [0.2, 0.25) is 0 Å². The van der Waals surface area contributed by atoms with Crippen LogP contribution in [-0.4, -0.2) is 25.5 Å². The van der Waals surface area contributed by atoms with E-state index in [1.807, 2.05) is 0 Å². The van der Waals surface area contributed by atoms with Crippen molar-refractivity contribution in [1.82, 2.24) is 5.32 Å². The van der Waals surface area contributed by atoms with Gasteiger partial charge in [0.1, 0.15) is 18.2 Å². The zero-order valence-electron chi connectivity index (χ0n) is 11.5. The third kappa shape index (κ3) is 2.96. The second-order valence-electron chi connectivity index (χ2n) is 4.63. The summed E-state index contributed by atoms with van der Waals surface area (Å²) in [5, 5.41) is 3.22. The predicted octanol–water partition coefficient (Wildman–Crippen LogP) is 2.72. The van der Waals surface area contributed by atoms with Crippen LogP contribution in [0, 0.1) is 27.7 Å². The van der Waals surface area contributed by atoms with Crippen LogP contribution in [0.5, 0.6) is 5.75 Å². The maximum Gasteiger partial charge on any atom is 0.145 e. The van der Waals surface area contributed by atoms with E-state index in [1.165, 1.54) is 22.3 Å². The molecule has 3 nitrogen and oxygen atoms in total. The van der Waals surface area contributed by atoms with Crippen LogP contribution in [0.4, 0.5) is 0 Å². The van der Waals surface area contributed by atoms with Gasteiger partial charge in [-0.15, -0.1) is 12.4 Å². The molecule has 0 atom stereocenters. The number of hydrogen-bond donors (Lipinski definition) is 1. The van der Waals surface area contributed by atoms with E-state index in [1.54, 1.807) is 0 Å². The van der Waals surface area contributed by atoms with Gasteiger partial charge in [0.25, 0.3) is 0 Å². The molecular weight excluding hydrogens is 248 g/mol. The Morgan fingerprint density at radius 1 is 1.17 bits per heavy atom. The highest BCUT2D eigenvalue weighted by atomic mass is 35.5. The molecule has 100 valence electrons. The molecule has 0 spiro atoms. The van der Waals surface area contributed by atoms with Gasteiger partial charge in [-0.2, -0.15) is 0 Å². The molecular formula is C14H21ClN2O. The topological polar surface area (TPSA) is 33.6 Å². The van der Waals surface area contributed by atoms with Crippen molar-refractivity contribution < 1.29 is 4.74 Å². The normalized spacial score (nSPS) is 13.7. The summed E-state index contributed by atoms with van der Waals surface area (Å²) < 4.78 is 5.92. The Labute approximate surface area is 115 Å². The van der Waals surface area contributed by atoms with Gasteiger partial charge in [-0.25, -0.2) is 0 Å². The second-order valence-corrected chi connectivity index (χ2v) is 4.63. The van der Waals surface area contributed by atoms with Crippen LogP contribution in [0.3, 0.4) is 0 Å². The third-order valence-corrected chi connectivity index (χ3v) is 3.39. The van der Waals surface area contributed by atoms with Gasteiger partial charge in [0.15, 0.2) is 0 Å². The molecule has 1 heterocycles. The molecule has 1 N–H and O–H groups in total. The summed E-state index contributed by atoms with van der Waals surface area (Å²) in [7, 11) is 0. The average molecular weight is 269 g/mol. The first-order valence-electron chi connectivity index (χ1n) is 6.07. The van der Waals surface area contributed by atoms with Crippen molar-refractivity contribution in [3.63, 3.8) is 0 Å². The minimum atomic E-state index is 0. The Kier molecular flexibility index (Phi) is 5.03. The lowest BCUT2D eigenvalue weighted by Gasteiger charge is -2.16. The number of nitrogens with zero attached hydrogens (tertiary/aromatic N) is 1. The van der Waals surface area contributed by atoms with Crippen molar-refractivity contribution in [2.75, 3.05) is 19.7 Å². The lowest BCUT2D eigenvalue weighted by molar-refractivity contribution is 0.367. The van der Waals surface area contributed by atoms with E-state index in [0.717, 1.165) is 24.7 Å². The SMILES string of the molecule is Cc1cc(C)c(C)c(OCC2=NCCN2)c1C.Cl. The Morgan fingerprint density at radius 3 is 2.28 bits per heavy atom. The number of ether oxygens (including phenoxy) is 1. The maximum atomic E-state index is 5.92. The van der Waals surface area contributed by atoms with E-state index in [4.69, 9.17) is 4.74 Å². The highest BCUT2D eigenvalue weighted by Crippen LogP contribution is 2.28. The molecule has 1 aromatic carbocycles. The van der Waals surface area contributed by atoms with Gasteiger partial charge in [-0.3, -0.25) is 4.99 Å². The van der Waals surface area contributed by atoms with Crippen LogP contribution in [0.15, 0.2) is 11.1 Å². The van der Waals surface area contributed by atoms with Crippen LogP contribution < -0.4 is 10.1 Å². The van der Waals surface area contributed by atoms with Gasteiger partial charge in [-0.1, -0.05) is 6.07 Å². The number of aryl methyl sites for hydroxylation is 2. The van der Waals surface area contributed by atoms with E-state index < -0.39 is 0 Å². The van der Waals surface area contributed by atoms with Crippen LogP contribution in [0.1, 0.15) is 22.3 Å². The molecule has 1 aliphatic heterocycles. The third-order valence-electron chi connectivity index (χ3n) is 3.39. The molecule has 4 heteroatoms. The minimum absolute atomic E-state index is 0. The van der Waals surface area contributed by atoms with Crippen molar-refractivity contribution in [3.05, 3.63) is 28.3 Å². The summed E-state index contributed by atoms with van der Waals surface area (Å²) >= 11 is 0. The van der Waals surface area contributed by atoms with E-state index in [-0.39, 0.29) is 12.4 Å². The number of halogens is 1. The summed E-state index contributed by atoms with van der Waals surface area (Å²) in [4.78, 5) is 4.34. The van der Waals surface area contributed by atoms with Crippen molar-refractivity contribution in [1.29, 1.82) is 0 Å². The predicted molar refractivity (Wildman–Crippen MR) is 78.4 cm³/mol. The fraction of sp³-hybridized carbons (Fsp3) is 0.500.